The third-order valence-corrected chi connectivity index (χ3v) is 3.79. The van der Waals surface area contributed by atoms with Crippen molar-refractivity contribution in [3.63, 3.8) is 0 Å². The number of hydrogen-bond donors (Lipinski definition) is 3. The minimum Gasteiger partial charge on any atom is -0.481 e. The van der Waals surface area contributed by atoms with E-state index in [1.54, 1.807) is 0 Å². The van der Waals surface area contributed by atoms with Crippen molar-refractivity contribution < 1.29 is 14.7 Å². The molecule has 4 N–H and O–H groups in total. The largest absolute Gasteiger partial charge is 0.481 e. The van der Waals surface area contributed by atoms with Gasteiger partial charge in [0.25, 0.3) is 5.91 Å². The second-order valence-electron chi connectivity index (χ2n) is 5.12. The standard InChI is InChI=1S/C13H18N4O3/c14-10-9(15-6-7-16-10)11(18)17-8-13(12(19)20)4-2-1-3-5-13/h6-7H,1-5,8H2,(H2,14,16)(H,17,18)(H,19,20). The van der Waals surface area contributed by atoms with Crippen molar-refractivity contribution in [3.8, 4) is 0 Å². The fourth-order valence-electron chi connectivity index (χ4n) is 2.55. The minimum atomic E-state index is -0.870. The zero-order chi connectivity index (χ0) is 14.6. The first-order valence-corrected chi connectivity index (χ1v) is 6.63. The van der Waals surface area contributed by atoms with E-state index < -0.39 is 17.3 Å². The lowest BCUT2D eigenvalue weighted by Gasteiger charge is -2.33. The van der Waals surface area contributed by atoms with E-state index in [1.165, 1.54) is 12.4 Å². The van der Waals surface area contributed by atoms with Gasteiger partial charge in [0.15, 0.2) is 11.5 Å². The highest BCUT2D eigenvalue weighted by Crippen LogP contribution is 2.36. The third kappa shape index (κ3) is 2.87. The molecule has 20 heavy (non-hydrogen) atoms. The fourth-order valence-corrected chi connectivity index (χ4v) is 2.55. The van der Waals surface area contributed by atoms with E-state index in [2.05, 4.69) is 15.3 Å². The van der Waals surface area contributed by atoms with Crippen LogP contribution in [0.5, 0.6) is 0 Å². The Kier molecular flexibility index (Phi) is 4.16. The highest BCUT2D eigenvalue weighted by atomic mass is 16.4. The van der Waals surface area contributed by atoms with Gasteiger partial charge in [-0.25, -0.2) is 9.97 Å². The van der Waals surface area contributed by atoms with Crippen LogP contribution in [0.25, 0.3) is 0 Å². The summed E-state index contributed by atoms with van der Waals surface area (Å²) in [5, 5.41) is 12.1. The molecule has 0 unspecified atom stereocenters. The van der Waals surface area contributed by atoms with E-state index in [1.807, 2.05) is 0 Å². The zero-order valence-electron chi connectivity index (χ0n) is 11.1. The number of aliphatic carboxylic acids is 1. The minimum absolute atomic E-state index is 0.0313. The number of carbonyl (C=O) groups is 2. The number of carboxylic acids is 1. The molecule has 1 aliphatic rings. The first-order chi connectivity index (χ1) is 9.55. The Bertz CT molecular complexity index is 512. The Morgan fingerprint density at radius 1 is 1.25 bits per heavy atom. The monoisotopic (exact) mass is 278 g/mol. The van der Waals surface area contributed by atoms with Gasteiger partial charge in [0, 0.05) is 18.9 Å². The molecule has 7 nitrogen and oxygen atoms in total. The van der Waals surface area contributed by atoms with Gasteiger partial charge < -0.3 is 16.2 Å². The molecule has 0 atom stereocenters. The molecule has 1 aliphatic carbocycles. The van der Waals surface area contributed by atoms with Crippen molar-refractivity contribution in [2.45, 2.75) is 32.1 Å². The smallest absolute Gasteiger partial charge is 0.311 e. The number of nitrogens with two attached hydrogens (primary N) is 1. The number of rotatable bonds is 4. The van der Waals surface area contributed by atoms with Gasteiger partial charge in [-0.3, -0.25) is 9.59 Å². The molecule has 0 saturated heterocycles. The van der Waals surface area contributed by atoms with Gasteiger partial charge in [0.05, 0.1) is 5.41 Å². The average Bonchev–Trinajstić information content (AvgIpc) is 2.46. The van der Waals surface area contributed by atoms with Crippen LogP contribution >= 0.6 is 0 Å². The van der Waals surface area contributed by atoms with Crippen molar-refractivity contribution in [2.24, 2.45) is 5.41 Å². The van der Waals surface area contributed by atoms with Gasteiger partial charge >= 0.3 is 5.97 Å². The molecule has 0 bridgehead atoms. The molecule has 0 spiro atoms. The summed E-state index contributed by atoms with van der Waals surface area (Å²) in [7, 11) is 0. The first kappa shape index (κ1) is 14.2. The number of anilines is 1. The maximum Gasteiger partial charge on any atom is 0.311 e. The Balaban J connectivity index is 2.05. The van der Waals surface area contributed by atoms with Crippen molar-refractivity contribution >= 4 is 17.7 Å². The Morgan fingerprint density at radius 2 is 1.90 bits per heavy atom. The summed E-state index contributed by atoms with van der Waals surface area (Å²) in [6, 6.07) is 0. The lowest BCUT2D eigenvalue weighted by molar-refractivity contribution is -0.150. The highest BCUT2D eigenvalue weighted by molar-refractivity contribution is 5.96. The van der Waals surface area contributed by atoms with Gasteiger partial charge in [-0.15, -0.1) is 0 Å². The number of hydrogen-bond acceptors (Lipinski definition) is 5. The zero-order valence-corrected chi connectivity index (χ0v) is 11.1. The van der Waals surface area contributed by atoms with E-state index in [0.717, 1.165) is 19.3 Å². The van der Waals surface area contributed by atoms with Crippen LogP contribution < -0.4 is 11.1 Å². The van der Waals surface area contributed by atoms with Gasteiger partial charge in [0.2, 0.25) is 0 Å². The SMILES string of the molecule is Nc1nccnc1C(=O)NCC1(C(=O)O)CCCCC1. The van der Waals surface area contributed by atoms with E-state index >= 15 is 0 Å². The van der Waals surface area contributed by atoms with Crippen molar-refractivity contribution in [3.05, 3.63) is 18.1 Å². The van der Waals surface area contributed by atoms with Crippen LogP contribution in [-0.4, -0.2) is 33.5 Å². The molecule has 1 aromatic rings. The van der Waals surface area contributed by atoms with Crippen LogP contribution in [0.2, 0.25) is 0 Å². The fraction of sp³-hybridized carbons (Fsp3) is 0.538. The molecule has 1 amide bonds. The maximum absolute atomic E-state index is 12.0. The number of nitrogens with zero attached hydrogens (tertiary/aromatic N) is 2. The van der Waals surface area contributed by atoms with E-state index in [0.29, 0.717) is 12.8 Å². The summed E-state index contributed by atoms with van der Waals surface area (Å²) in [5.41, 5.74) is 4.73. The summed E-state index contributed by atoms with van der Waals surface area (Å²) in [6.07, 6.45) is 6.72. The molecule has 7 heteroatoms. The number of carbonyl (C=O) groups excluding carboxylic acids is 1. The predicted octanol–water partition coefficient (Wildman–Crippen LogP) is 0.824. The van der Waals surface area contributed by atoms with Crippen molar-refractivity contribution in [2.75, 3.05) is 12.3 Å². The molecule has 108 valence electrons. The van der Waals surface area contributed by atoms with Crippen LogP contribution in [-0.2, 0) is 4.79 Å². The summed E-state index contributed by atoms with van der Waals surface area (Å²) in [4.78, 5) is 31.1. The number of nitrogens with one attached hydrogen (secondary N) is 1. The normalized spacial score (nSPS) is 17.4. The first-order valence-electron chi connectivity index (χ1n) is 6.63. The average molecular weight is 278 g/mol. The predicted molar refractivity (Wildman–Crippen MR) is 71.9 cm³/mol. The maximum atomic E-state index is 12.0. The van der Waals surface area contributed by atoms with E-state index in [-0.39, 0.29) is 18.1 Å². The number of carboxylic acid groups (broad SMARTS) is 1. The quantitative estimate of drug-likeness (QED) is 0.750. The molecule has 2 rings (SSSR count). The van der Waals surface area contributed by atoms with Crippen molar-refractivity contribution in [1.29, 1.82) is 0 Å². The third-order valence-electron chi connectivity index (χ3n) is 3.79. The van der Waals surface area contributed by atoms with Crippen LogP contribution in [0.3, 0.4) is 0 Å². The number of nitrogen functional groups attached to an aromatic ring is 1. The number of aromatic nitrogens is 2. The molecular weight excluding hydrogens is 260 g/mol. The molecular formula is C13H18N4O3. The van der Waals surface area contributed by atoms with Gasteiger partial charge in [-0.1, -0.05) is 19.3 Å². The van der Waals surface area contributed by atoms with Crippen LogP contribution in [0.1, 0.15) is 42.6 Å². The molecule has 1 aromatic heterocycles. The second kappa shape index (κ2) is 5.85. The Hall–Kier alpha value is -2.18. The second-order valence-corrected chi connectivity index (χ2v) is 5.12. The van der Waals surface area contributed by atoms with Crippen LogP contribution in [0.4, 0.5) is 5.82 Å². The molecule has 1 heterocycles. The van der Waals surface area contributed by atoms with Crippen LogP contribution in [0.15, 0.2) is 12.4 Å². The molecule has 1 fully saturated rings. The number of amides is 1. The molecule has 0 radical (unpaired) electrons. The van der Waals surface area contributed by atoms with Gasteiger partial charge in [-0.2, -0.15) is 0 Å². The Labute approximate surface area is 116 Å². The summed E-state index contributed by atoms with van der Waals surface area (Å²) < 4.78 is 0. The van der Waals surface area contributed by atoms with Crippen LogP contribution in [0, 0.1) is 5.41 Å². The van der Waals surface area contributed by atoms with Gasteiger partial charge in [0.1, 0.15) is 0 Å². The summed E-state index contributed by atoms with van der Waals surface area (Å²) in [5.74, 6) is -1.30. The topological polar surface area (TPSA) is 118 Å². The Morgan fingerprint density at radius 3 is 2.50 bits per heavy atom. The van der Waals surface area contributed by atoms with E-state index in [4.69, 9.17) is 5.73 Å². The molecule has 1 saturated carbocycles. The highest BCUT2D eigenvalue weighted by Gasteiger charge is 2.39. The molecule has 0 aromatic carbocycles. The lowest BCUT2D eigenvalue weighted by atomic mass is 9.74. The van der Waals surface area contributed by atoms with Crippen molar-refractivity contribution in [1.82, 2.24) is 15.3 Å². The summed E-state index contributed by atoms with van der Waals surface area (Å²) >= 11 is 0. The molecule has 0 aliphatic heterocycles. The lowest BCUT2D eigenvalue weighted by Crippen LogP contribution is -2.44. The van der Waals surface area contributed by atoms with Gasteiger partial charge in [-0.05, 0) is 12.8 Å². The summed E-state index contributed by atoms with van der Waals surface area (Å²) in [6.45, 7) is 0.0944. The van der Waals surface area contributed by atoms with E-state index in [9.17, 15) is 14.7 Å².